The predicted octanol–water partition coefficient (Wildman–Crippen LogP) is 7.59. The van der Waals surface area contributed by atoms with Crippen molar-refractivity contribution >= 4 is 29.1 Å². The molecule has 0 radical (unpaired) electrons. The number of carbonyl (C=O) groups is 3. The van der Waals surface area contributed by atoms with Crippen molar-refractivity contribution in [2.24, 2.45) is 0 Å². The summed E-state index contributed by atoms with van der Waals surface area (Å²) in [4.78, 5) is 36.6. The second kappa shape index (κ2) is 16.5. The lowest BCUT2D eigenvalue weighted by Crippen LogP contribution is -2.42. The maximum atomic E-state index is 12.6. The van der Waals surface area contributed by atoms with Crippen LogP contribution >= 0.6 is 0 Å². The monoisotopic (exact) mass is 619 g/mol. The van der Waals surface area contributed by atoms with Gasteiger partial charge in [0.25, 0.3) is 0 Å². The molecule has 2 saturated carbocycles. The fraction of sp³-hybridized carbons (Fsp3) is 0.528. The van der Waals surface area contributed by atoms with Gasteiger partial charge in [-0.1, -0.05) is 87.1 Å². The highest BCUT2D eigenvalue weighted by molar-refractivity contribution is 5.92. The third-order valence-corrected chi connectivity index (χ3v) is 8.29. The number of rotatable bonds is 8. The number of carbonyl (C=O) groups excluding carboxylic acids is 2. The molecule has 0 saturated heterocycles. The van der Waals surface area contributed by atoms with Gasteiger partial charge in [0.1, 0.15) is 18.2 Å². The number of ether oxygens (including phenoxy) is 2. The number of fused-ring (bicyclic) bond motifs is 1. The van der Waals surface area contributed by atoms with Crippen LogP contribution in [0.2, 0.25) is 0 Å². The number of para-hydroxylation sites is 1. The van der Waals surface area contributed by atoms with E-state index < -0.39 is 29.8 Å². The van der Waals surface area contributed by atoms with E-state index in [1.165, 1.54) is 68.8 Å². The summed E-state index contributed by atoms with van der Waals surface area (Å²) in [5.74, 6) is -1.21. The fourth-order valence-corrected chi connectivity index (χ4v) is 6.07. The zero-order valence-electron chi connectivity index (χ0n) is 26.9. The van der Waals surface area contributed by atoms with Crippen LogP contribution in [0.25, 0.3) is 10.9 Å². The van der Waals surface area contributed by atoms with Gasteiger partial charge in [-0.15, -0.1) is 0 Å². The van der Waals surface area contributed by atoms with Crippen molar-refractivity contribution in [2.45, 2.75) is 122 Å². The van der Waals surface area contributed by atoms with E-state index in [9.17, 15) is 19.5 Å². The van der Waals surface area contributed by atoms with Gasteiger partial charge in [-0.05, 0) is 63.6 Å². The predicted molar refractivity (Wildman–Crippen MR) is 175 cm³/mol. The molecule has 2 aromatic carbocycles. The number of aliphatic carboxylic acids is 1. The second-order valence-corrected chi connectivity index (χ2v) is 13.2. The summed E-state index contributed by atoms with van der Waals surface area (Å²) < 4.78 is 11.9. The lowest BCUT2D eigenvalue weighted by atomic mass is 9.91. The Labute approximate surface area is 266 Å². The summed E-state index contributed by atoms with van der Waals surface area (Å²) in [6, 6.07) is 16.7. The summed E-state index contributed by atoms with van der Waals surface area (Å²) >= 11 is 0. The minimum Gasteiger partial charge on any atom is -0.480 e. The molecule has 2 fully saturated rings. The first-order valence-corrected chi connectivity index (χ1v) is 16.4. The lowest BCUT2D eigenvalue weighted by Gasteiger charge is -2.30. The molecule has 9 heteroatoms. The molecule has 244 valence electrons. The molecule has 1 atom stereocenters. The third kappa shape index (κ3) is 10.9. The molecule has 1 aromatic heterocycles. The number of benzene rings is 2. The summed E-state index contributed by atoms with van der Waals surface area (Å²) in [6.07, 6.45) is 14.7. The maximum Gasteiger partial charge on any atom is 0.419 e. The molecule has 45 heavy (non-hydrogen) atoms. The Bertz CT molecular complexity index is 1370. The van der Waals surface area contributed by atoms with E-state index in [1.807, 2.05) is 18.2 Å². The Balaban J connectivity index is 0.000000293. The smallest absolute Gasteiger partial charge is 0.419 e. The SMILES string of the molecule is C1CCC(NC2CCCCC2)CC1.CC(C)(C)OC(=O)n1cc(C[C@@H](NC(=O)OCc2ccccc2)C(=O)O)c2ccccc21. The highest BCUT2D eigenvalue weighted by Crippen LogP contribution is 2.25. The van der Waals surface area contributed by atoms with Crippen molar-refractivity contribution in [1.29, 1.82) is 0 Å². The number of carboxylic acids is 1. The van der Waals surface area contributed by atoms with Crippen LogP contribution in [-0.4, -0.2) is 51.6 Å². The Morgan fingerprint density at radius 2 is 1.44 bits per heavy atom. The van der Waals surface area contributed by atoms with Gasteiger partial charge in [-0.25, -0.2) is 14.4 Å². The average molecular weight is 620 g/mol. The van der Waals surface area contributed by atoms with E-state index in [-0.39, 0.29) is 13.0 Å². The van der Waals surface area contributed by atoms with Gasteiger partial charge < -0.3 is 25.2 Å². The quantitative estimate of drug-likeness (QED) is 0.238. The Kier molecular flexibility index (Phi) is 12.4. The van der Waals surface area contributed by atoms with Crippen molar-refractivity contribution < 1.29 is 29.0 Å². The molecular formula is C36H49N3O6. The second-order valence-electron chi connectivity index (χ2n) is 13.2. The van der Waals surface area contributed by atoms with Crippen molar-refractivity contribution in [3.63, 3.8) is 0 Å². The maximum absolute atomic E-state index is 12.6. The van der Waals surface area contributed by atoms with Gasteiger partial charge in [-0.2, -0.15) is 0 Å². The number of nitrogens with one attached hydrogen (secondary N) is 2. The van der Waals surface area contributed by atoms with Gasteiger partial charge in [0, 0.05) is 30.1 Å². The first-order chi connectivity index (χ1) is 21.6. The Morgan fingerprint density at radius 3 is 2.02 bits per heavy atom. The molecule has 0 aliphatic heterocycles. The molecule has 9 nitrogen and oxygen atoms in total. The first kappa shape index (κ1) is 34.0. The van der Waals surface area contributed by atoms with Crippen LogP contribution in [0.4, 0.5) is 9.59 Å². The standard InChI is InChI=1S/C24H26N2O6.C12H23N/c1-24(2,3)32-23(30)26-14-17(18-11-7-8-12-20(18)26)13-19(21(27)28)25-22(29)31-15-16-9-5-4-6-10-16;1-3-7-11(8-4-1)13-12-9-5-2-6-10-12/h4-12,14,19H,13,15H2,1-3H3,(H,25,29)(H,27,28);11-13H,1-10H2/t19-;/m1./s1. The minimum absolute atomic E-state index is 0.0248. The van der Waals surface area contributed by atoms with E-state index in [1.54, 1.807) is 63.4 Å². The van der Waals surface area contributed by atoms with Crippen molar-refractivity contribution in [1.82, 2.24) is 15.2 Å². The number of amides is 1. The summed E-state index contributed by atoms with van der Waals surface area (Å²) in [5.41, 5.74) is 1.28. The topological polar surface area (TPSA) is 119 Å². The van der Waals surface area contributed by atoms with Crippen LogP contribution in [0.1, 0.15) is 96.1 Å². The van der Waals surface area contributed by atoms with E-state index in [0.717, 1.165) is 17.6 Å². The van der Waals surface area contributed by atoms with Crippen LogP contribution in [0.15, 0.2) is 60.8 Å². The molecule has 5 rings (SSSR count). The first-order valence-electron chi connectivity index (χ1n) is 16.4. The molecule has 0 unspecified atom stereocenters. The van der Waals surface area contributed by atoms with Gasteiger partial charge in [0.15, 0.2) is 0 Å². The lowest BCUT2D eigenvalue weighted by molar-refractivity contribution is -0.139. The van der Waals surface area contributed by atoms with Crippen LogP contribution in [0.5, 0.6) is 0 Å². The fourth-order valence-electron chi connectivity index (χ4n) is 6.07. The summed E-state index contributed by atoms with van der Waals surface area (Å²) in [5, 5.41) is 16.6. The number of hydrogen-bond donors (Lipinski definition) is 3. The van der Waals surface area contributed by atoms with Crippen LogP contribution in [-0.2, 0) is 27.3 Å². The Morgan fingerprint density at radius 1 is 0.867 bits per heavy atom. The number of nitrogens with zero attached hydrogens (tertiary/aromatic N) is 1. The van der Waals surface area contributed by atoms with Crippen molar-refractivity contribution in [3.05, 3.63) is 71.9 Å². The largest absolute Gasteiger partial charge is 0.480 e. The van der Waals surface area contributed by atoms with E-state index >= 15 is 0 Å². The number of alkyl carbamates (subject to hydrolysis) is 1. The molecule has 3 aromatic rings. The minimum atomic E-state index is -1.24. The van der Waals surface area contributed by atoms with E-state index in [2.05, 4.69) is 10.6 Å². The molecule has 2 aliphatic rings. The van der Waals surface area contributed by atoms with Crippen LogP contribution in [0, 0.1) is 0 Å². The molecule has 2 aliphatic carbocycles. The molecule has 0 spiro atoms. The number of carboxylic acid groups (broad SMARTS) is 1. The van der Waals surface area contributed by atoms with E-state index in [0.29, 0.717) is 16.5 Å². The zero-order valence-corrected chi connectivity index (χ0v) is 26.9. The average Bonchev–Trinajstić information content (AvgIpc) is 3.39. The van der Waals surface area contributed by atoms with Gasteiger partial charge >= 0.3 is 18.2 Å². The molecule has 1 amide bonds. The molecular weight excluding hydrogens is 570 g/mol. The molecule has 3 N–H and O–H groups in total. The molecule has 0 bridgehead atoms. The zero-order chi connectivity index (χ0) is 32.2. The van der Waals surface area contributed by atoms with Crippen molar-refractivity contribution in [2.75, 3.05) is 0 Å². The Hall–Kier alpha value is -3.85. The number of hydrogen-bond acceptors (Lipinski definition) is 6. The highest BCUT2D eigenvalue weighted by Gasteiger charge is 2.26. The van der Waals surface area contributed by atoms with Gasteiger partial charge in [-0.3, -0.25) is 4.57 Å². The summed E-state index contributed by atoms with van der Waals surface area (Å²) in [7, 11) is 0. The van der Waals surface area contributed by atoms with Crippen LogP contribution < -0.4 is 10.6 Å². The van der Waals surface area contributed by atoms with Crippen molar-refractivity contribution in [3.8, 4) is 0 Å². The highest BCUT2D eigenvalue weighted by atomic mass is 16.6. The third-order valence-electron chi connectivity index (χ3n) is 8.29. The summed E-state index contributed by atoms with van der Waals surface area (Å²) in [6.45, 7) is 5.33. The van der Waals surface area contributed by atoms with Gasteiger partial charge in [0.05, 0.1) is 5.52 Å². The normalized spacial score (nSPS) is 16.7. The number of aromatic nitrogens is 1. The van der Waals surface area contributed by atoms with Gasteiger partial charge in [0.2, 0.25) is 0 Å². The molecule has 1 heterocycles. The van der Waals surface area contributed by atoms with E-state index in [4.69, 9.17) is 9.47 Å². The van der Waals surface area contributed by atoms with Crippen LogP contribution in [0.3, 0.4) is 0 Å².